The minimum Gasteiger partial charge on any atom is -0.771 e. The second-order valence-corrected chi connectivity index (χ2v) is 5.02. The van der Waals surface area contributed by atoms with Crippen LogP contribution < -0.4 is 77.9 Å². The molecule has 2 aromatic carbocycles. The van der Waals surface area contributed by atoms with Crippen LogP contribution in [0.15, 0.2) is 48.5 Å². The number of hydrogen-bond acceptors (Lipinski definition) is 6. The molecule has 0 amide bonds. The van der Waals surface area contributed by atoms with Crippen molar-refractivity contribution in [1.82, 2.24) is 0 Å². The second-order valence-electron chi connectivity index (χ2n) is 3.61. The average Bonchev–Trinajstić information content (AvgIpc) is 2.44. The van der Waals surface area contributed by atoms with Crippen LogP contribution >= 0.6 is 16.5 Å². The fourth-order valence-corrected chi connectivity index (χ4v) is 1.85. The van der Waals surface area contributed by atoms with Crippen molar-refractivity contribution in [3.05, 3.63) is 60.2 Å². The van der Waals surface area contributed by atoms with Gasteiger partial charge in [-0.2, -0.15) is 0 Å². The Morgan fingerprint density at radius 3 is 1.12 bits per heavy atom. The van der Waals surface area contributed by atoms with Gasteiger partial charge in [-0.15, -0.1) is 0 Å². The molecule has 0 aromatic heterocycles. The van der Waals surface area contributed by atoms with Crippen LogP contribution in [0.2, 0.25) is 0 Å². The van der Waals surface area contributed by atoms with Gasteiger partial charge >= 0.3 is 59.1 Å². The summed E-state index contributed by atoms with van der Waals surface area (Å²) < 4.78 is 53.1. The van der Waals surface area contributed by atoms with E-state index >= 15 is 0 Å². The molecule has 0 saturated carbocycles. The Kier molecular flexibility index (Phi) is 16.0. The van der Waals surface area contributed by atoms with Gasteiger partial charge in [0.15, 0.2) is 16.5 Å². The molecule has 0 heterocycles. The Morgan fingerprint density at radius 2 is 0.917 bits per heavy atom. The summed E-state index contributed by atoms with van der Waals surface area (Å²) in [6.07, 6.45) is 0. The van der Waals surface area contributed by atoms with Gasteiger partial charge in [-0.05, 0) is 48.5 Å². The van der Waals surface area contributed by atoms with Gasteiger partial charge in [0.2, 0.25) is 0 Å². The molecule has 0 aliphatic heterocycles. The quantitative estimate of drug-likeness (QED) is 0.385. The van der Waals surface area contributed by atoms with Gasteiger partial charge in [0.25, 0.3) is 0 Å². The molecule has 0 bridgehead atoms. The average molecular weight is 396 g/mol. The van der Waals surface area contributed by atoms with E-state index in [0.717, 1.165) is 24.3 Å². The van der Waals surface area contributed by atoms with Crippen molar-refractivity contribution >= 4 is 16.5 Å². The van der Waals surface area contributed by atoms with Crippen LogP contribution in [-0.2, 0) is 9.13 Å². The first-order valence-electron chi connectivity index (χ1n) is 5.65. The van der Waals surface area contributed by atoms with E-state index in [2.05, 4.69) is 9.05 Å². The third-order valence-corrected chi connectivity index (χ3v) is 2.83. The summed E-state index contributed by atoms with van der Waals surface area (Å²) in [7, 11) is -6.44. The molecule has 120 valence electrons. The molecular weight excluding hydrogens is 386 g/mol. The van der Waals surface area contributed by atoms with Crippen molar-refractivity contribution in [3.8, 4) is 11.5 Å². The van der Waals surface area contributed by atoms with E-state index in [-0.39, 0.29) is 70.6 Å². The summed E-state index contributed by atoms with van der Waals surface area (Å²) in [4.78, 5) is 20.0. The predicted octanol–water partition coefficient (Wildman–Crippen LogP) is -4.08. The molecule has 2 rings (SSSR count). The van der Waals surface area contributed by atoms with Crippen LogP contribution in [0.1, 0.15) is 0 Å². The van der Waals surface area contributed by atoms with Crippen LogP contribution in [-0.4, -0.2) is 0 Å². The van der Waals surface area contributed by atoms with Crippen molar-refractivity contribution in [2.75, 3.05) is 0 Å². The monoisotopic (exact) mass is 396 g/mol. The van der Waals surface area contributed by atoms with Crippen LogP contribution in [0.25, 0.3) is 0 Å². The molecule has 0 fully saturated rings. The number of halogens is 2. The van der Waals surface area contributed by atoms with Crippen molar-refractivity contribution in [2.24, 2.45) is 0 Å². The largest absolute Gasteiger partial charge is 1.00 e. The van der Waals surface area contributed by atoms with Gasteiger partial charge in [-0.25, -0.2) is 8.78 Å². The molecule has 0 saturated heterocycles. The topological polar surface area (TPSA) is 98.7 Å². The van der Waals surface area contributed by atoms with Gasteiger partial charge in [-0.1, -0.05) is 0 Å². The van der Waals surface area contributed by atoms with Crippen LogP contribution in [0.4, 0.5) is 8.78 Å². The SMILES string of the molecule is O=[PH]([O-])Oc1ccc(F)cc1.O=[PH]([O-])Oc1ccc(F)cc1.[Na+].[Na+]. The van der Waals surface area contributed by atoms with E-state index < -0.39 is 28.1 Å². The fraction of sp³-hybridized carbons (Fsp3) is 0. The third-order valence-electron chi connectivity index (χ3n) is 2.03. The Balaban J connectivity index is 0. The summed E-state index contributed by atoms with van der Waals surface area (Å²) in [6, 6.07) is 9.48. The first-order valence-corrected chi connectivity index (χ1v) is 8.10. The molecule has 0 aliphatic rings. The Bertz CT molecular complexity index is 586. The molecule has 2 unspecified atom stereocenters. The molecule has 0 spiro atoms. The molecular formula is C12H10F2Na2O6P2. The van der Waals surface area contributed by atoms with E-state index in [0.29, 0.717) is 0 Å². The van der Waals surface area contributed by atoms with E-state index in [1.54, 1.807) is 0 Å². The summed E-state index contributed by atoms with van der Waals surface area (Å²) >= 11 is 0. The van der Waals surface area contributed by atoms with Crippen LogP contribution in [0, 0.1) is 11.6 Å². The fourth-order valence-electron chi connectivity index (χ4n) is 1.20. The normalized spacial score (nSPS) is 11.5. The molecule has 0 N–H and O–H groups in total. The predicted molar refractivity (Wildman–Crippen MR) is 72.1 cm³/mol. The molecule has 24 heavy (non-hydrogen) atoms. The minimum atomic E-state index is -3.22. The number of benzene rings is 2. The Labute approximate surface area is 182 Å². The Morgan fingerprint density at radius 1 is 0.667 bits per heavy atom. The van der Waals surface area contributed by atoms with Crippen LogP contribution in [0.3, 0.4) is 0 Å². The molecule has 2 atom stereocenters. The molecule has 6 nitrogen and oxygen atoms in total. The molecule has 12 heteroatoms. The zero-order valence-corrected chi connectivity index (χ0v) is 18.8. The first kappa shape index (κ1) is 26.5. The standard InChI is InChI=1S/2C6H6FO3P.2Na/c2*7-5-1-3-6(4-2-5)10-11(8)9;;/h2*1-4,11H,(H,8,9);;/q;;2*+1/p-2. The van der Waals surface area contributed by atoms with Crippen molar-refractivity contribution in [3.63, 3.8) is 0 Å². The van der Waals surface area contributed by atoms with E-state index in [9.17, 15) is 27.7 Å². The molecule has 2 aromatic rings. The summed E-state index contributed by atoms with van der Waals surface area (Å²) in [5.74, 6) is -0.596. The zero-order chi connectivity index (χ0) is 16.5. The summed E-state index contributed by atoms with van der Waals surface area (Å²) in [6.45, 7) is 0. The maximum absolute atomic E-state index is 12.2. The van der Waals surface area contributed by atoms with Gasteiger partial charge in [-0.3, -0.25) is 9.13 Å². The summed E-state index contributed by atoms with van der Waals surface area (Å²) in [5, 5.41) is 0. The second kappa shape index (κ2) is 14.4. The van der Waals surface area contributed by atoms with E-state index in [1.807, 2.05) is 0 Å². The van der Waals surface area contributed by atoms with Gasteiger partial charge in [0.1, 0.15) is 23.1 Å². The smallest absolute Gasteiger partial charge is 0.771 e. The Hall–Kier alpha value is 0.280. The zero-order valence-electron chi connectivity index (χ0n) is 12.8. The third kappa shape index (κ3) is 12.6. The minimum absolute atomic E-state index is 0. The van der Waals surface area contributed by atoms with Crippen LogP contribution in [0.5, 0.6) is 11.5 Å². The summed E-state index contributed by atoms with van der Waals surface area (Å²) in [5.41, 5.74) is 0. The van der Waals surface area contributed by atoms with E-state index in [1.165, 1.54) is 24.3 Å². The number of hydrogen-bond donors (Lipinski definition) is 0. The van der Waals surface area contributed by atoms with Gasteiger partial charge in [0, 0.05) is 0 Å². The van der Waals surface area contributed by atoms with Gasteiger partial charge in [0.05, 0.1) is 0 Å². The maximum Gasteiger partial charge on any atom is 1.00 e. The molecule has 0 radical (unpaired) electrons. The molecule has 0 aliphatic carbocycles. The van der Waals surface area contributed by atoms with Gasteiger partial charge < -0.3 is 18.8 Å². The maximum atomic E-state index is 12.2. The van der Waals surface area contributed by atoms with Crippen molar-refractivity contribution in [2.45, 2.75) is 0 Å². The number of rotatable bonds is 4. The van der Waals surface area contributed by atoms with Crippen molar-refractivity contribution in [1.29, 1.82) is 0 Å². The van der Waals surface area contributed by atoms with E-state index in [4.69, 9.17) is 0 Å². The van der Waals surface area contributed by atoms with Crippen molar-refractivity contribution < 1.29 is 95.9 Å². The first-order chi connectivity index (χ1) is 10.4.